The molecule has 0 radical (unpaired) electrons. The molecule has 1 aliphatic heterocycles. The molecule has 1 fully saturated rings. The summed E-state index contributed by atoms with van der Waals surface area (Å²) in [5.74, 6) is 1.34. The summed E-state index contributed by atoms with van der Waals surface area (Å²) in [6.45, 7) is 6.31. The molecule has 0 amide bonds. The monoisotopic (exact) mass is 295 g/mol. The van der Waals surface area contributed by atoms with Gasteiger partial charge in [0.2, 0.25) is 0 Å². The first-order chi connectivity index (χ1) is 9.24. The Kier molecular flexibility index (Phi) is 4.15. The molecule has 1 N–H and O–H groups in total. The van der Waals surface area contributed by atoms with Crippen molar-refractivity contribution in [3.63, 3.8) is 0 Å². The van der Waals surface area contributed by atoms with E-state index in [1.54, 1.807) is 11.3 Å². The molecule has 0 aromatic carbocycles. The number of hydrogen-bond acceptors (Lipinski definition) is 4. The van der Waals surface area contributed by atoms with Gasteiger partial charge in [-0.15, -0.1) is 11.3 Å². The number of aromatic nitrogens is 2. The molecule has 1 atom stereocenters. The number of aryl methyl sites for hydroxylation is 2. The maximum Gasteiger partial charge on any atom is 0.194 e. The Bertz CT molecular complexity index is 552. The van der Waals surface area contributed by atoms with Gasteiger partial charge in [-0.2, -0.15) is 11.8 Å². The van der Waals surface area contributed by atoms with Gasteiger partial charge < -0.3 is 5.32 Å². The first-order valence-corrected chi connectivity index (χ1v) is 8.87. The van der Waals surface area contributed by atoms with Gasteiger partial charge in [-0.05, 0) is 32.4 Å². The van der Waals surface area contributed by atoms with Crippen molar-refractivity contribution in [2.45, 2.75) is 44.9 Å². The van der Waals surface area contributed by atoms with Crippen LogP contribution in [0.5, 0.6) is 0 Å². The summed E-state index contributed by atoms with van der Waals surface area (Å²) in [7, 11) is 0. The van der Waals surface area contributed by atoms with Crippen LogP contribution in [0.3, 0.4) is 0 Å². The van der Waals surface area contributed by atoms with Crippen molar-refractivity contribution in [1.29, 1.82) is 0 Å². The number of fused-ring (bicyclic) bond motifs is 1. The van der Waals surface area contributed by atoms with E-state index in [0.717, 1.165) is 29.0 Å². The highest BCUT2D eigenvalue weighted by Gasteiger charge is 2.15. The third-order valence-corrected chi connectivity index (χ3v) is 5.98. The smallest absolute Gasteiger partial charge is 0.194 e. The number of imidazole rings is 1. The molecule has 1 aliphatic rings. The lowest BCUT2D eigenvalue weighted by molar-refractivity contribution is 0.591. The zero-order valence-corrected chi connectivity index (χ0v) is 13.2. The van der Waals surface area contributed by atoms with E-state index in [4.69, 9.17) is 0 Å². The second-order valence-electron chi connectivity index (χ2n) is 5.26. The van der Waals surface area contributed by atoms with Crippen LogP contribution in [0.4, 0.5) is 0 Å². The third-order valence-electron chi connectivity index (χ3n) is 3.68. The van der Waals surface area contributed by atoms with Gasteiger partial charge in [0.15, 0.2) is 4.96 Å². The minimum Gasteiger partial charge on any atom is -0.310 e. The molecule has 2 aromatic heterocycles. The Morgan fingerprint density at radius 3 is 3.11 bits per heavy atom. The predicted molar refractivity (Wildman–Crippen MR) is 84.3 cm³/mol. The summed E-state index contributed by atoms with van der Waals surface area (Å²) in [4.78, 5) is 7.09. The molecule has 0 saturated carbocycles. The fourth-order valence-electron chi connectivity index (χ4n) is 2.64. The molecule has 0 spiro atoms. The van der Waals surface area contributed by atoms with Gasteiger partial charge in [0.05, 0.1) is 11.4 Å². The lowest BCUT2D eigenvalue weighted by Gasteiger charge is -2.21. The minimum atomic E-state index is 0.807. The number of thioether (sulfide) groups is 1. The number of hydrogen-bond donors (Lipinski definition) is 1. The van der Waals surface area contributed by atoms with E-state index in [2.05, 4.69) is 46.5 Å². The van der Waals surface area contributed by atoms with Crippen LogP contribution in [0.15, 0.2) is 6.20 Å². The van der Waals surface area contributed by atoms with E-state index < -0.39 is 0 Å². The topological polar surface area (TPSA) is 29.3 Å². The molecular weight excluding hydrogens is 274 g/mol. The summed E-state index contributed by atoms with van der Waals surface area (Å²) >= 11 is 3.90. The first kappa shape index (κ1) is 13.5. The molecule has 19 heavy (non-hydrogen) atoms. The number of nitrogens with one attached hydrogen (secondary N) is 1. The van der Waals surface area contributed by atoms with Crippen molar-refractivity contribution in [3.05, 3.63) is 22.5 Å². The Balaban J connectivity index is 1.62. The van der Waals surface area contributed by atoms with Crippen molar-refractivity contribution in [3.8, 4) is 0 Å². The minimum absolute atomic E-state index is 0.807. The number of nitrogens with zero attached hydrogens (tertiary/aromatic N) is 2. The summed E-state index contributed by atoms with van der Waals surface area (Å²) in [6.07, 6.45) is 6.37. The van der Waals surface area contributed by atoms with Crippen LogP contribution in [0.2, 0.25) is 0 Å². The van der Waals surface area contributed by atoms with Crippen LogP contribution in [0, 0.1) is 13.8 Å². The van der Waals surface area contributed by atoms with Gasteiger partial charge in [-0.1, -0.05) is 6.42 Å². The Morgan fingerprint density at radius 2 is 2.32 bits per heavy atom. The standard InChI is InChI=1S/C14H21N3S2/c1-10-9-17-13(11(2)16-14(17)19-10)8-15-7-12-5-3-4-6-18-12/h9,12,15H,3-8H2,1-2H3. The molecule has 1 unspecified atom stereocenters. The molecule has 5 heteroatoms. The third kappa shape index (κ3) is 2.98. The van der Waals surface area contributed by atoms with Crippen LogP contribution in [0.1, 0.15) is 35.5 Å². The van der Waals surface area contributed by atoms with Crippen LogP contribution >= 0.6 is 23.1 Å². The zero-order valence-electron chi connectivity index (χ0n) is 11.6. The van der Waals surface area contributed by atoms with Gasteiger partial charge in [0.1, 0.15) is 0 Å². The number of rotatable bonds is 4. The lowest BCUT2D eigenvalue weighted by atomic mass is 10.2. The Hall–Kier alpha value is -0.520. The Morgan fingerprint density at radius 1 is 1.42 bits per heavy atom. The van der Waals surface area contributed by atoms with Crippen molar-refractivity contribution >= 4 is 28.1 Å². The SMILES string of the molecule is Cc1cn2c(CNCC3CCCCS3)c(C)nc2s1. The molecule has 3 rings (SSSR count). The van der Waals surface area contributed by atoms with Gasteiger partial charge in [0.25, 0.3) is 0 Å². The van der Waals surface area contributed by atoms with E-state index in [-0.39, 0.29) is 0 Å². The van der Waals surface area contributed by atoms with E-state index in [0.29, 0.717) is 0 Å². The fraction of sp³-hybridized carbons (Fsp3) is 0.643. The molecule has 2 aromatic rings. The van der Waals surface area contributed by atoms with Crippen LogP contribution in [-0.2, 0) is 6.54 Å². The van der Waals surface area contributed by atoms with E-state index >= 15 is 0 Å². The Labute approximate surface area is 122 Å². The van der Waals surface area contributed by atoms with Crippen LogP contribution in [-0.4, -0.2) is 26.9 Å². The highest BCUT2D eigenvalue weighted by molar-refractivity contribution is 7.99. The van der Waals surface area contributed by atoms with Crippen LogP contribution < -0.4 is 5.32 Å². The van der Waals surface area contributed by atoms with Gasteiger partial charge in [0, 0.05) is 29.4 Å². The summed E-state index contributed by atoms with van der Waals surface area (Å²) in [5, 5.41) is 4.43. The molecule has 0 aliphatic carbocycles. The normalized spacial score (nSPS) is 20.2. The molecule has 1 saturated heterocycles. The van der Waals surface area contributed by atoms with Crippen molar-refractivity contribution < 1.29 is 0 Å². The molecule has 3 heterocycles. The van der Waals surface area contributed by atoms with E-state index in [9.17, 15) is 0 Å². The quantitative estimate of drug-likeness (QED) is 0.937. The molecule has 3 nitrogen and oxygen atoms in total. The average Bonchev–Trinajstić information content (AvgIpc) is 2.88. The lowest BCUT2D eigenvalue weighted by Crippen LogP contribution is -2.27. The van der Waals surface area contributed by atoms with Crippen LogP contribution in [0.25, 0.3) is 4.96 Å². The average molecular weight is 295 g/mol. The van der Waals surface area contributed by atoms with E-state index in [1.165, 1.54) is 35.6 Å². The maximum atomic E-state index is 4.64. The van der Waals surface area contributed by atoms with Crippen molar-refractivity contribution in [2.24, 2.45) is 0 Å². The predicted octanol–water partition coefficient (Wildman–Crippen LogP) is 3.39. The fourth-order valence-corrected chi connectivity index (χ4v) is 4.81. The van der Waals surface area contributed by atoms with Gasteiger partial charge in [-0.25, -0.2) is 4.98 Å². The second kappa shape index (κ2) is 5.85. The zero-order chi connectivity index (χ0) is 13.2. The summed E-state index contributed by atoms with van der Waals surface area (Å²) in [5.41, 5.74) is 2.48. The highest BCUT2D eigenvalue weighted by atomic mass is 32.2. The van der Waals surface area contributed by atoms with Gasteiger partial charge >= 0.3 is 0 Å². The number of thiazole rings is 1. The highest BCUT2D eigenvalue weighted by Crippen LogP contribution is 2.24. The maximum absolute atomic E-state index is 4.64. The largest absolute Gasteiger partial charge is 0.310 e. The van der Waals surface area contributed by atoms with Crippen molar-refractivity contribution in [2.75, 3.05) is 12.3 Å². The van der Waals surface area contributed by atoms with Crippen molar-refractivity contribution in [1.82, 2.24) is 14.7 Å². The van der Waals surface area contributed by atoms with Gasteiger partial charge in [-0.3, -0.25) is 4.40 Å². The van der Waals surface area contributed by atoms with E-state index in [1.807, 2.05) is 0 Å². The molecule has 0 bridgehead atoms. The second-order valence-corrected chi connectivity index (χ2v) is 7.88. The summed E-state index contributed by atoms with van der Waals surface area (Å²) < 4.78 is 2.25. The molecular formula is C14H21N3S2. The first-order valence-electron chi connectivity index (χ1n) is 7.00. The molecule has 104 valence electrons. The summed E-state index contributed by atoms with van der Waals surface area (Å²) in [6, 6.07) is 0.